The van der Waals surface area contributed by atoms with Crippen molar-refractivity contribution in [2.45, 2.75) is 37.1 Å². The van der Waals surface area contributed by atoms with Crippen molar-refractivity contribution in [1.82, 2.24) is 10.2 Å². The summed E-state index contributed by atoms with van der Waals surface area (Å²) in [5, 5.41) is 3.24. The van der Waals surface area contributed by atoms with Crippen LogP contribution in [0.3, 0.4) is 0 Å². The average Bonchev–Trinajstić information content (AvgIpc) is 3.28. The lowest BCUT2D eigenvalue weighted by Crippen LogP contribution is -2.50. The van der Waals surface area contributed by atoms with E-state index in [2.05, 4.69) is 5.32 Å². The van der Waals surface area contributed by atoms with Crippen LogP contribution in [0.4, 0.5) is 4.39 Å². The number of hydrogen-bond acceptors (Lipinski definition) is 2. The van der Waals surface area contributed by atoms with Crippen LogP contribution in [0.15, 0.2) is 24.3 Å². The maximum atomic E-state index is 14.0. The lowest BCUT2D eigenvalue weighted by molar-refractivity contribution is -0.135. The summed E-state index contributed by atoms with van der Waals surface area (Å²) in [5.74, 6) is -0.136. The Kier molecular flexibility index (Phi) is 4.89. The average molecular weight is 313 g/mol. The largest absolute Gasteiger partial charge is 0.340 e. The molecule has 1 amide bonds. The van der Waals surface area contributed by atoms with Crippen molar-refractivity contribution in [1.29, 1.82) is 0 Å². The van der Waals surface area contributed by atoms with Crippen molar-refractivity contribution < 1.29 is 9.18 Å². The molecule has 2 fully saturated rings. The van der Waals surface area contributed by atoms with E-state index in [0.717, 1.165) is 38.8 Å². The van der Waals surface area contributed by atoms with E-state index in [1.165, 1.54) is 6.07 Å². The minimum Gasteiger partial charge on any atom is -0.340 e. The number of carbonyl (C=O) groups is 1. The molecule has 1 N–H and O–H groups in total. The maximum Gasteiger partial charge on any atom is 0.233 e. The molecule has 1 aliphatic heterocycles. The first-order valence-electron chi connectivity index (χ1n) is 7.39. The SMILES string of the molecule is CNC1CCCN(C(=O)C2(c3ccccc3F)CC2)C1.Cl. The summed E-state index contributed by atoms with van der Waals surface area (Å²) in [5.41, 5.74) is -0.00220. The fourth-order valence-electron chi connectivity index (χ4n) is 3.27. The third-order valence-corrected chi connectivity index (χ3v) is 4.67. The van der Waals surface area contributed by atoms with Crippen LogP contribution in [0.2, 0.25) is 0 Å². The lowest BCUT2D eigenvalue weighted by atomic mass is 9.92. The quantitative estimate of drug-likeness (QED) is 0.930. The van der Waals surface area contributed by atoms with E-state index < -0.39 is 5.41 Å². The highest BCUT2D eigenvalue weighted by atomic mass is 35.5. The molecule has 3 rings (SSSR count). The molecule has 0 radical (unpaired) electrons. The van der Waals surface area contributed by atoms with Crippen molar-refractivity contribution in [3.8, 4) is 0 Å². The summed E-state index contributed by atoms with van der Waals surface area (Å²) >= 11 is 0. The predicted octanol–water partition coefficient (Wildman–Crippen LogP) is 2.49. The van der Waals surface area contributed by atoms with Crippen LogP contribution in [0.25, 0.3) is 0 Å². The van der Waals surface area contributed by atoms with E-state index in [1.807, 2.05) is 18.0 Å². The zero-order valence-corrected chi connectivity index (χ0v) is 13.1. The molecular weight excluding hydrogens is 291 g/mol. The summed E-state index contributed by atoms with van der Waals surface area (Å²) < 4.78 is 14.0. The van der Waals surface area contributed by atoms with Gasteiger partial charge in [0.25, 0.3) is 0 Å². The number of nitrogens with one attached hydrogen (secondary N) is 1. The molecule has 2 aliphatic rings. The molecule has 1 aliphatic carbocycles. The van der Waals surface area contributed by atoms with Crippen LogP contribution in [-0.2, 0) is 10.2 Å². The summed E-state index contributed by atoms with van der Waals surface area (Å²) in [7, 11) is 1.93. The summed E-state index contributed by atoms with van der Waals surface area (Å²) in [6, 6.07) is 7.08. The van der Waals surface area contributed by atoms with Crippen molar-refractivity contribution in [2.24, 2.45) is 0 Å². The highest BCUT2D eigenvalue weighted by Crippen LogP contribution is 2.50. The van der Waals surface area contributed by atoms with E-state index in [-0.39, 0.29) is 24.1 Å². The van der Waals surface area contributed by atoms with Gasteiger partial charge in [0.05, 0.1) is 5.41 Å². The first-order valence-corrected chi connectivity index (χ1v) is 7.39. The lowest BCUT2D eigenvalue weighted by Gasteiger charge is -2.35. The van der Waals surface area contributed by atoms with E-state index in [4.69, 9.17) is 0 Å². The highest BCUT2D eigenvalue weighted by molar-refractivity contribution is 5.91. The Balaban J connectivity index is 0.00000161. The zero-order valence-electron chi connectivity index (χ0n) is 12.3. The van der Waals surface area contributed by atoms with Crippen LogP contribution < -0.4 is 5.32 Å². The van der Waals surface area contributed by atoms with Gasteiger partial charge in [-0.3, -0.25) is 4.79 Å². The molecule has 0 bridgehead atoms. The minimum absolute atomic E-state index is 0. The molecule has 0 spiro atoms. The van der Waals surface area contributed by atoms with Gasteiger partial charge in [0.1, 0.15) is 5.82 Å². The Morgan fingerprint density at radius 1 is 1.38 bits per heavy atom. The fraction of sp³-hybridized carbons (Fsp3) is 0.562. The molecule has 116 valence electrons. The number of carbonyl (C=O) groups excluding carboxylic acids is 1. The molecule has 1 saturated carbocycles. The number of likely N-dealkylation sites (tertiary alicyclic amines) is 1. The molecule has 21 heavy (non-hydrogen) atoms. The third-order valence-electron chi connectivity index (χ3n) is 4.67. The van der Waals surface area contributed by atoms with Crippen molar-refractivity contribution in [3.05, 3.63) is 35.6 Å². The van der Waals surface area contributed by atoms with Gasteiger partial charge in [0, 0.05) is 24.7 Å². The number of amides is 1. The molecule has 1 saturated heterocycles. The van der Waals surface area contributed by atoms with Crippen LogP contribution in [-0.4, -0.2) is 37.0 Å². The standard InChI is InChI=1S/C16H21FN2O.ClH/c1-18-12-5-4-10-19(11-12)15(20)16(8-9-16)13-6-2-3-7-14(13)17;/h2-3,6-7,12,18H,4-5,8-11H2,1H3;1H. The molecule has 1 unspecified atom stereocenters. The van der Waals surface area contributed by atoms with Gasteiger partial charge in [-0.15, -0.1) is 12.4 Å². The van der Waals surface area contributed by atoms with Crippen LogP contribution in [0.5, 0.6) is 0 Å². The number of nitrogens with zero attached hydrogens (tertiary/aromatic N) is 1. The zero-order chi connectivity index (χ0) is 14.2. The van der Waals surface area contributed by atoms with Crippen LogP contribution in [0.1, 0.15) is 31.2 Å². The van der Waals surface area contributed by atoms with Gasteiger partial charge in [-0.1, -0.05) is 18.2 Å². The van der Waals surface area contributed by atoms with Gasteiger partial charge in [-0.25, -0.2) is 4.39 Å². The van der Waals surface area contributed by atoms with Crippen LogP contribution in [0, 0.1) is 5.82 Å². The molecular formula is C16H22ClFN2O. The Labute approximate surface area is 131 Å². The van der Waals surface area contributed by atoms with Gasteiger partial charge in [0.15, 0.2) is 0 Å². The summed E-state index contributed by atoms with van der Waals surface area (Å²) in [4.78, 5) is 14.7. The summed E-state index contributed by atoms with van der Waals surface area (Å²) in [6.45, 7) is 1.54. The second kappa shape index (κ2) is 6.32. The number of rotatable bonds is 3. The van der Waals surface area contributed by atoms with Gasteiger partial charge in [-0.2, -0.15) is 0 Å². The van der Waals surface area contributed by atoms with Crippen molar-refractivity contribution in [2.75, 3.05) is 20.1 Å². The number of piperidine rings is 1. The van der Waals surface area contributed by atoms with Gasteiger partial charge >= 0.3 is 0 Å². The van der Waals surface area contributed by atoms with E-state index in [0.29, 0.717) is 11.6 Å². The minimum atomic E-state index is -0.582. The van der Waals surface area contributed by atoms with Crippen molar-refractivity contribution >= 4 is 18.3 Å². The Morgan fingerprint density at radius 2 is 2.10 bits per heavy atom. The van der Waals surface area contributed by atoms with E-state index in [9.17, 15) is 9.18 Å². The van der Waals surface area contributed by atoms with Gasteiger partial charge in [0.2, 0.25) is 5.91 Å². The summed E-state index contributed by atoms with van der Waals surface area (Å²) in [6.07, 6.45) is 3.67. The molecule has 3 nitrogen and oxygen atoms in total. The first-order chi connectivity index (χ1) is 9.67. The molecule has 0 aromatic heterocycles. The predicted molar refractivity (Wildman–Crippen MR) is 83.2 cm³/mol. The van der Waals surface area contributed by atoms with Gasteiger partial charge < -0.3 is 10.2 Å². The Morgan fingerprint density at radius 3 is 2.71 bits per heavy atom. The number of halogens is 2. The smallest absolute Gasteiger partial charge is 0.233 e. The normalized spacial score (nSPS) is 23.3. The number of likely N-dealkylation sites (N-methyl/N-ethyl adjacent to an activating group) is 1. The number of hydrogen-bond donors (Lipinski definition) is 1. The second-order valence-corrected chi connectivity index (χ2v) is 5.94. The highest BCUT2D eigenvalue weighted by Gasteiger charge is 2.54. The maximum absolute atomic E-state index is 14.0. The van der Waals surface area contributed by atoms with Crippen molar-refractivity contribution in [3.63, 3.8) is 0 Å². The van der Waals surface area contributed by atoms with E-state index >= 15 is 0 Å². The first kappa shape index (κ1) is 16.2. The fourth-order valence-corrected chi connectivity index (χ4v) is 3.27. The Hall–Kier alpha value is -1.13. The molecule has 5 heteroatoms. The van der Waals surface area contributed by atoms with E-state index in [1.54, 1.807) is 12.1 Å². The van der Waals surface area contributed by atoms with Crippen LogP contribution >= 0.6 is 12.4 Å². The van der Waals surface area contributed by atoms with Gasteiger partial charge in [-0.05, 0) is 38.8 Å². The molecule has 1 aromatic carbocycles. The topological polar surface area (TPSA) is 32.3 Å². The molecule has 1 atom stereocenters. The monoisotopic (exact) mass is 312 g/mol. The molecule has 1 aromatic rings. The second-order valence-electron chi connectivity index (χ2n) is 5.94. The third kappa shape index (κ3) is 2.92. The Bertz CT molecular complexity index is 519. The molecule has 1 heterocycles. The number of benzene rings is 1.